The lowest BCUT2D eigenvalue weighted by molar-refractivity contribution is 0.104. The molecule has 3 nitrogen and oxygen atoms in total. The Labute approximate surface area is 181 Å². The number of hydrogen-bond acceptors (Lipinski definition) is 2. The van der Waals surface area contributed by atoms with Crippen molar-refractivity contribution in [2.24, 2.45) is 5.41 Å². The van der Waals surface area contributed by atoms with Crippen LogP contribution in [0.1, 0.15) is 76.1 Å². The van der Waals surface area contributed by atoms with E-state index >= 15 is 0 Å². The van der Waals surface area contributed by atoms with E-state index in [1.54, 1.807) is 11.1 Å². The van der Waals surface area contributed by atoms with Crippen molar-refractivity contribution >= 4 is 28.1 Å². The Bertz CT molecular complexity index is 895. The molecule has 1 aromatic heterocycles. The Hall–Kier alpha value is -1.39. The lowest BCUT2D eigenvalue weighted by Crippen LogP contribution is -2.57. The van der Waals surface area contributed by atoms with Gasteiger partial charge in [-0.05, 0) is 62.8 Å². The van der Waals surface area contributed by atoms with Crippen LogP contribution < -0.4 is 5.32 Å². The minimum atomic E-state index is 0.110. The molecule has 1 aliphatic carbocycles. The molecule has 1 saturated heterocycles. The fraction of sp³-hybridized carbons (Fsp3) is 0.640. The van der Waals surface area contributed by atoms with Gasteiger partial charge in [-0.2, -0.15) is 0 Å². The second kappa shape index (κ2) is 8.03. The summed E-state index contributed by atoms with van der Waals surface area (Å²) in [6.45, 7) is 13.6. The predicted molar refractivity (Wildman–Crippen MR) is 128 cm³/mol. The normalized spacial score (nSPS) is 24.5. The zero-order valence-corrected chi connectivity index (χ0v) is 19.6. The van der Waals surface area contributed by atoms with E-state index in [9.17, 15) is 0 Å². The first-order chi connectivity index (χ1) is 13.9. The summed E-state index contributed by atoms with van der Waals surface area (Å²) in [6.07, 6.45) is 5.74. The van der Waals surface area contributed by atoms with Crippen molar-refractivity contribution in [2.45, 2.75) is 84.7 Å². The average Bonchev–Trinajstić information content (AvgIpc) is 3.04. The molecule has 4 rings (SSSR count). The molecular formula is C25H37N3S. The van der Waals surface area contributed by atoms with E-state index in [2.05, 4.69) is 68.0 Å². The van der Waals surface area contributed by atoms with Crippen LogP contribution in [0.2, 0.25) is 0 Å². The summed E-state index contributed by atoms with van der Waals surface area (Å²) in [4.78, 5) is 7.45. The molecule has 0 spiro atoms. The number of fused-ring (bicyclic) bond motifs is 2. The van der Waals surface area contributed by atoms with Crippen molar-refractivity contribution < 1.29 is 0 Å². The third-order valence-electron chi connectivity index (χ3n) is 7.87. The van der Waals surface area contributed by atoms with Gasteiger partial charge in [0.15, 0.2) is 0 Å². The standard InChI is InChI=1S/C25H37N3S/c1-6-12-28-15-17(27-24(29)25(5,7-2)8-3)13-20-18-10-9-11-21-23(18)19(14-22(20)28)16(4)26-21/h9-11,17,20,22,26H,6-8,12-15H2,1-5H3,(H,27,29)/t17-,20?,22+/m0/s1. The molecule has 0 radical (unpaired) electrons. The summed E-state index contributed by atoms with van der Waals surface area (Å²) < 4.78 is 0. The summed E-state index contributed by atoms with van der Waals surface area (Å²) in [6, 6.07) is 7.89. The Balaban J connectivity index is 1.66. The smallest absolute Gasteiger partial charge is 0.0815 e. The molecule has 158 valence electrons. The number of aryl methyl sites for hydroxylation is 1. The molecule has 4 heteroatoms. The lowest BCUT2D eigenvalue weighted by atomic mass is 9.73. The summed E-state index contributed by atoms with van der Waals surface area (Å²) in [5.41, 5.74) is 5.87. The van der Waals surface area contributed by atoms with E-state index in [-0.39, 0.29) is 5.41 Å². The van der Waals surface area contributed by atoms with Gasteiger partial charge in [0.2, 0.25) is 0 Å². The van der Waals surface area contributed by atoms with Crippen molar-refractivity contribution in [2.75, 3.05) is 13.1 Å². The van der Waals surface area contributed by atoms with Crippen LogP contribution in [0.15, 0.2) is 18.2 Å². The number of benzene rings is 1. The Morgan fingerprint density at radius 1 is 1.28 bits per heavy atom. The molecule has 0 saturated carbocycles. The highest BCUT2D eigenvalue weighted by molar-refractivity contribution is 7.80. The van der Waals surface area contributed by atoms with Gasteiger partial charge in [-0.15, -0.1) is 0 Å². The Kier molecular flexibility index (Phi) is 5.78. The van der Waals surface area contributed by atoms with Crippen molar-refractivity contribution in [3.05, 3.63) is 35.0 Å². The molecule has 29 heavy (non-hydrogen) atoms. The maximum atomic E-state index is 5.91. The number of likely N-dealkylation sites (tertiary alicyclic amines) is 1. The van der Waals surface area contributed by atoms with Crippen molar-refractivity contribution in [3.63, 3.8) is 0 Å². The van der Waals surface area contributed by atoms with E-state index < -0.39 is 0 Å². The maximum Gasteiger partial charge on any atom is 0.0815 e. The first kappa shape index (κ1) is 20.9. The quantitative estimate of drug-likeness (QED) is 0.597. The molecule has 1 unspecified atom stereocenters. The molecular weight excluding hydrogens is 374 g/mol. The van der Waals surface area contributed by atoms with Gasteiger partial charge >= 0.3 is 0 Å². The highest BCUT2D eigenvalue weighted by Crippen LogP contribution is 2.44. The number of thiocarbonyl (C=S) groups is 1. The van der Waals surface area contributed by atoms with E-state index in [1.807, 2.05) is 0 Å². The van der Waals surface area contributed by atoms with Crippen LogP contribution in [0.4, 0.5) is 0 Å². The van der Waals surface area contributed by atoms with E-state index in [0.29, 0.717) is 18.0 Å². The second-order valence-corrected chi connectivity index (χ2v) is 9.95. The van der Waals surface area contributed by atoms with Crippen LogP contribution >= 0.6 is 12.2 Å². The fourth-order valence-corrected chi connectivity index (χ4v) is 6.10. The third kappa shape index (κ3) is 3.53. The Morgan fingerprint density at radius 2 is 2.03 bits per heavy atom. The first-order valence-electron chi connectivity index (χ1n) is 11.6. The predicted octanol–water partition coefficient (Wildman–Crippen LogP) is 5.71. The van der Waals surface area contributed by atoms with E-state index in [0.717, 1.165) is 24.4 Å². The number of aromatic amines is 1. The number of piperidine rings is 1. The van der Waals surface area contributed by atoms with Gasteiger partial charge in [0.25, 0.3) is 0 Å². The number of nitrogens with one attached hydrogen (secondary N) is 2. The number of rotatable bonds is 6. The SMILES string of the molecule is CCCN1C[C@@H](NC(=S)C(C)(CC)CC)CC2c3cccc4[nH]c(C)c(c34)C[C@H]21. The Morgan fingerprint density at radius 3 is 2.72 bits per heavy atom. The number of hydrogen-bond donors (Lipinski definition) is 2. The van der Waals surface area contributed by atoms with E-state index in [4.69, 9.17) is 12.2 Å². The van der Waals surface area contributed by atoms with Gasteiger partial charge in [0.1, 0.15) is 0 Å². The molecule has 2 aromatic rings. The molecule has 0 amide bonds. The number of aromatic nitrogens is 1. The zero-order valence-electron chi connectivity index (χ0n) is 18.8. The fourth-order valence-electron chi connectivity index (χ4n) is 5.65. The van der Waals surface area contributed by atoms with Crippen LogP contribution in [0.25, 0.3) is 10.9 Å². The topological polar surface area (TPSA) is 31.1 Å². The lowest BCUT2D eigenvalue weighted by Gasteiger charge is -2.48. The average molecular weight is 412 g/mol. The van der Waals surface area contributed by atoms with Crippen molar-refractivity contribution in [1.29, 1.82) is 0 Å². The molecule has 0 bridgehead atoms. The van der Waals surface area contributed by atoms with Gasteiger partial charge in [0, 0.05) is 46.6 Å². The van der Waals surface area contributed by atoms with E-state index in [1.165, 1.54) is 42.4 Å². The maximum absolute atomic E-state index is 5.91. The number of nitrogens with zero attached hydrogens (tertiary/aromatic N) is 1. The van der Waals surface area contributed by atoms with Crippen LogP contribution in [-0.4, -0.2) is 40.0 Å². The molecule has 2 heterocycles. The zero-order chi connectivity index (χ0) is 20.8. The molecule has 2 aliphatic rings. The minimum Gasteiger partial charge on any atom is -0.375 e. The summed E-state index contributed by atoms with van der Waals surface area (Å²) in [5, 5.41) is 5.32. The molecule has 1 aromatic carbocycles. The van der Waals surface area contributed by atoms with Gasteiger partial charge in [-0.3, -0.25) is 4.90 Å². The summed E-state index contributed by atoms with van der Waals surface area (Å²) in [5.74, 6) is 0.580. The van der Waals surface area contributed by atoms with Gasteiger partial charge in [0.05, 0.1) is 4.99 Å². The monoisotopic (exact) mass is 411 g/mol. The highest BCUT2D eigenvalue weighted by Gasteiger charge is 2.41. The first-order valence-corrected chi connectivity index (χ1v) is 12.0. The minimum absolute atomic E-state index is 0.110. The van der Waals surface area contributed by atoms with Crippen LogP contribution in [0, 0.1) is 12.3 Å². The van der Waals surface area contributed by atoms with Gasteiger partial charge < -0.3 is 10.3 Å². The molecule has 3 atom stereocenters. The van der Waals surface area contributed by atoms with Crippen LogP contribution in [0.3, 0.4) is 0 Å². The molecule has 1 fully saturated rings. The highest BCUT2D eigenvalue weighted by atomic mass is 32.1. The molecule has 2 N–H and O–H groups in total. The van der Waals surface area contributed by atoms with Crippen molar-refractivity contribution in [1.82, 2.24) is 15.2 Å². The van der Waals surface area contributed by atoms with Gasteiger partial charge in [-0.1, -0.05) is 52.0 Å². The third-order valence-corrected chi connectivity index (χ3v) is 8.48. The summed E-state index contributed by atoms with van der Waals surface area (Å²) in [7, 11) is 0. The van der Waals surface area contributed by atoms with Gasteiger partial charge in [-0.25, -0.2) is 0 Å². The van der Waals surface area contributed by atoms with Crippen molar-refractivity contribution in [3.8, 4) is 0 Å². The largest absolute Gasteiger partial charge is 0.375 e. The van der Waals surface area contributed by atoms with Crippen LogP contribution in [0.5, 0.6) is 0 Å². The van der Waals surface area contributed by atoms with Crippen LogP contribution in [-0.2, 0) is 6.42 Å². The number of H-pyrrole nitrogens is 1. The summed E-state index contributed by atoms with van der Waals surface area (Å²) >= 11 is 5.91. The second-order valence-electron chi connectivity index (χ2n) is 9.55. The molecule has 1 aliphatic heterocycles.